The molecule has 24 nitrogen and oxygen atoms in total. The molecule has 2 saturated heterocycles. The topological polar surface area (TPSA) is 309 Å². The van der Waals surface area contributed by atoms with E-state index >= 15 is 0 Å². The first-order valence-electron chi connectivity index (χ1n) is 29.6. The number of nitrogen functional groups attached to an aromatic ring is 2. The fraction of sp³-hybridized carbons (Fsp3) is 0.344. The van der Waals surface area contributed by atoms with E-state index in [0.29, 0.717) is 80.9 Å². The molecule has 0 saturated carbocycles. The lowest BCUT2D eigenvalue weighted by Gasteiger charge is -2.36. The van der Waals surface area contributed by atoms with E-state index in [0.717, 1.165) is 98.6 Å². The largest absolute Gasteiger partial charge is 0.395 e. The molecular weight excluding hydrogens is 1110 g/mol. The minimum absolute atomic E-state index is 0.114. The number of piperazine rings is 2. The van der Waals surface area contributed by atoms with Gasteiger partial charge in [0.2, 0.25) is 11.8 Å². The molecule has 0 atom stereocenters. The van der Waals surface area contributed by atoms with Crippen LogP contribution in [0.5, 0.6) is 0 Å². The Balaban J connectivity index is 0.000000182. The molecule has 12 rings (SSSR count). The first-order valence-corrected chi connectivity index (χ1v) is 29.6. The van der Waals surface area contributed by atoms with E-state index in [4.69, 9.17) is 36.4 Å². The van der Waals surface area contributed by atoms with Gasteiger partial charge in [0.05, 0.1) is 53.0 Å². The lowest BCUT2D eigenvalue weighted by atomic mass is 9.93. The van der Waals surface area contributed by atoms with Crippen LogP contribution in [0.25, 0.3) is 56.0 Å². The summed E-state index contributed by atoms with van der Waals surface area (Å²) in [5.74, 6) is 1.83. The third-order valence-corrected chi connectivity index (χ3v) is 15.7. The van der Waals surface area contributed by atoms with Gasteiger partial charge in [-0.3, -0.25) is 19.4 Å². The standard InChI is InChI=1S/C32H38N10O2.C32H37N9O3/c1-32(2,3)26-18-23(39-44-26)19-27(43)37-22-6-10-25(11-7-22)42-31-28(30(34)35-20-36-31)29(38-42)21-4-8-24(9-5-21)41-16-14-40(13-12-33)15-17-41;1-32(2,3)26-18-23(38-44-26)19-27(43)36-22-6-10-25(11-7-22)41-31-28(30(33)34-20-35-31)29(37-41)21-4-8-24(9-5-21)40-14-12-39(13-15-40)16-17-42/h4-11,18,20H,12-17,19,33H2,1-3H3,(H,37,43)(H2,34,35,36);4-11,18,20,42H,12-17,19H2,1-3H3,(H,36,43)(H2,33,34,35). The van der Waals surface area contributed by atoms with Gasteiger partial charge < -0.3 is 51.8 Å². The summed E-state index contributed by atoms with van der Waals surface area (Å²) in [5, 5.41) is 34.4. The number of anilines is 6. The molecule has 0 aliphatic carbocycles. The lowest BCUT2D eigenvalue weighted by Crippen LogP contribution is -2.47. The molecule has 6 aromatic heterocycles. The molecule has 2 amide bonds. The second-order valence-corrected chi connectivity index (χ2v) is 24.1. The monoisotopic (exact) mass is 1190 g/mol. The average Bonchev–Trinajstić information content (AvgIpc) is 2.02. The Kier molecular flexibility index (Phi) is 17.6. The van der Waals surface area contributed by atoms with Crippen molar-refractivity contribution in [2.24, 2.45) is 5.73 Å². The normalized spacial score (nSPS) is 14.3. The Morgan fingerprint density at radius 1 is 0.523 bits per heavy atom. The van der Waals surface area contributed by atoms with Gasteiger partial charge in [-0.2, -0.15) is 10.2 Å². The minimum atomic E-state index is -0.186. The van der Waals surface area contributed by atoms with Crippen LogP contribution in [0.1, 0.15) is 64.5 Å². The predicted octanol–water partition coefficient (Wildman–Crippen LogP) is 7.26. The molecule has 0 unspecified atom stereocenters. The molecule has 2 aliphatic heterocycles. The quantitative estimate of drug-likeness (QED) is 0.0554. The van der Waals surface area contributed by atoms with E-state index in [1.165, 1.54) is 18.3 Å². The van der Waals surface area contributed by atoms with Gasteiger partial charge in [-0.1, -0.05) is 76.1 Å². The Bertz CT molecular complexity index is 3750. The van der Waals surface area contributed by atoms with Crippen LogP contribution in [-0.2, 0) is 33.3 Å². The maximum Gasteiger partial charge on any atom is 0.230 e. The zero-order valence-corrected chi connectivity index (χ0v) is 50.5. The molecule has 24 heteroatoms. The van der Waals surface area contributed by atoms with Gasteiger partial charge in [0, 0.05) is 129 Å². The number of benzene rings is 4. The molecule has 8 heterocycles. The Morgan fingerprint density at radius 2 is 0.898 bits per heavy atom. The predicted molar refractivity (Wildman–Crippen MR) is 342 cm³/mol. The van der Waals surface area contributed by atoms with Crippen LogP contribution in [0.4, 0.5) is 34.4 Å². The molecular formula is C64H75N19O5. The molecule has 2 fully saturated rings. The maximum absolute atomic E-state index is 12.7. The van der Waals surface area contributed by atoms with Crippen LogP contribution in [-0.4, -0.2) is 155 Å². The summed E-state index contributed by atoms with van der Waals surface area (Å²) in [4.78, 5) is 52.3. The number of fused-ring (bicyclic) bond motifs is 2. The fourth-order valence-electron chi connectivity index (χ4n) is 10.8. The summed E-state index contributed by atoms with van der Waals surface area (Å²) in [7, 11) is 0. The molecule has 4 aromatic carbocycles. The molecule has 0 bridgehead atoms. The SMILES string of the molecule is CC(C)(C)c1cc(CC(=O)Nc2ccc(-n3nc(-c4ccc(N5CCN(CCN)CC5)cc4)c4c(N)ncnc43)cc2)no1.CC(C)(C)c1cc(CC(=O)Nc2ccc(-n3nc(-c4ccc(N5CCN(CCO)CC5)cc4)c4c(N)ncnc43)cc2)no1. The number of carbonyl (C=O) groups excluding carboxylic acids is 2. The van der Waals surface area contributed by atoms with E-state index in [9.17, 15) is 14.7 Å². The molecule has 10 aromatic rings. The van der Waals surface area contributed by atoms with Gasteiger partial charge in [-0.05, 0) is 72.8 Å². The number of nitrogens with one attached hydrogen (secondary N) is 2. The highest BCUT2D eigenvalue weighted by molar-refractivity contribution is 6.00. The maximum atomic E-state index is 12.7. The molecule has 9 N–H and O–H groups in total. The van der Waals surface area contributed by atoms with Crippen molar-refractivity contribution in [2.45, 2.75) is 65.2 Å². The van der Waals surface area contributed by atoms with E-state index in [1.54, 1.807) is 9.36 Å². The number of aliphatic hydroxyl groups is 1. The number of aliphatic hydroxyl groups excluding tert-OH is 1. The number of rotatable bonds is 16. The fourth-order valence-corrected chi connectivity index (χ4v) is 10.8. The summed E-state index contributed by atoms with van der Waals surface area (Å²) in [6.07, 6.45) is 3.11. The van der Waals surface area contributed by atoms with Gasteiger partial charge in [0.15, 0.2) is 11.3 Å². The summed E-state index contributed by atoms with van der Waals surface area (Å²) >= 11 is 0. The van der Waals surface area contributed by atoms with E-state index in [2.05, 4.69) is 96.9 Å². The lowest BCUT2D eigenvalue weighted by molar-refractivity contribution is -0.116. The number of β-amino-alcohol motifs (C(OH)–C–C–N with tert-alkyl or cyclic N) is 1. The van der Waals surface area contributed by atoms with Gasteiger partial charge >= 0.3 is 0 Å². The van der Waals surface area contributed by atoms with E-state index in [1.807, 2.05) is 114 Å². The van der Waals surface area contributed by atoms with Crippen LogP contribution in [0.3, 0.4) is 0 Å². The second-order valence-electron chi connectivity index (χ2n) is 24.1. The van der Waals surface area contributed by atoms with Crippen molar-refractivity contribution in [1.29, 1.82) is 0 Å². The zero-order valence-electron chi connectivity index (χ0n) is 50.5. The Hall–Kier alpha value is -9.62. The van der Waals surface area contributed by atoms with Gasteiger partial charge in [0.25, 0.3) is 0 Å². The van der Waals surface area contributed by atoms with Crippen LogP contribution in [0, 0.1) is 0 Å². The van der Waals surface area contributed by atoms with Gasteiger partial charge in [0.1, 0.15) is 47.2 Å². The van der Waals surface area contributed by atoms with E-state index in [-0.39, 0.29) is 42.1 Å². The summed E-state index contributed by atoms with van der Waals surface area (Å²) in [6.45, 7) is 22.3. The van der Waals surface area contributed by atoms with Crippen LogP contribution in [0.2, 0.25) is 0 Å². The van der Waals surface area contributed by atoms with Crippen molar-refractivity contribution in [3.8, 4) is 33.9 Å². The zero-order chi connectivity index (χ0) is 61.7. The first kappa shape index (κ1) is 60.1. The van der Waals surface area contributed by atoms with Crippen molar-refractivity contribution in [3.05, 3.63) is 145 Å². The highest BCUT2D eigenvalue weighted by Crippen LogP contribution is 2.36. The first-order chi connectivity index (χ1) is 42.4. The number of nitrogens with two attached hydrogens (primary N) is 3. The van der Waals surface area contributed by atoms with Crippen LogP contribution in [0.15, 0.2) is 131 Å². The van der Waals surface area contributed by atoms with Crippen LogP contribution >= 0.6 is 0 Å². The molecule has 0 spiro atoms. The third kappa shape index (κ3) is 13.6. The Labute approximate surface area is 509 Å². The number of amides is 2. The Morgan fingerprint density at radius 3 is 1.25 bits per heavy atom. The molecule has 2 aliphatic rings. The summed E-state index contributed by atoms with van der Waals surface area (Å²) < 4.78 is 14.3. The van der Waals surface area contributed by atoms with Gasteiger partial charge in [-0.15, -0.1) is 0 Å². The van der Waals surface area contributed by atoms with Crippen LogP contribution < -0.4 is 37.6 Å². The number of aromatic nitrogens is 10. The molecule has 0 radical (unpaired) electrons. The van der Waals surface area contributed by atoms with Crippen molar-refractivity contribution in [2.75, 3.05) is 110 Å². The highest BCUT2D eigenvalue weighted by Gasteiger charge is 2.25. The summed E-state index contributed by atoms with van der Waals surface area (Å²) in [5.41, 5.74) is 28.8. The number of hydrogen-bond donors (Lipinski definition) is 6. The smallest absolute Gasteiger partial charge is 0.230 e. The van der Waals surface area contributed by atoms with E-state index < -0.39 is 0 Å². The number of hydrogen-bond acceptors (Lipinski definition) is 20. The molecule has 88 heavy (non-hydrogen) atoms. The van der Waals surface area contributed by atoms with Crippen molar-refractivity contribution in [3.63, 3.8) is 0 Å². The second kappa shape index (κ2) is 25.8. The number of carbonyl (C=O) groups is 2. The van der Waals surface area contributed by atoms with Crippen molar-refractivity contribution >= 4 is 68.3 Å². The number of nitrogens with zero attached hydrogens (tertiary/aromatic N) is 14. The van der Waals surface area contributed by atoms with Crippen molar-refractivity contribution < 1.29 is 23.7 Å². The van der Waals surface area contributed by atoms with Gasteiger partial charge in [-0.25, -0.2) is 29.3 Å². The highest BCUT2D eigenvalue weighted by atomic mass is 16.5. The minimum Gasteiger partial charge on any atom is -0.395 e. The third-order valence-electron chi connectivity index (χ3n) is 15.7. The van der Waals surface area contributed by atoms with Crippen molar-refractivity contribution in [1.82, 2.24) is 59.6 Å². The average molecular weight is 1190 g/mol. The summed E-state index contributed by atoms with van der Waals surface area (Å²) in [6, 6.07) is 35.1. The molecule has 456 valence electrons.